The first-order valence-corrected chi connectivity index (χ1v) is 8.20. The average Bonchev–Trinajstić information content (AvgIpc) is 3.11. The van der Waals surface area contributed by atoms with Crippen LogP contribution in [-0.4, -0.2) is 43.3 Å². The molecule has 6 nitrogen and oxygen atoms in total. The summed E-state index contributed by atoms with van der Waals surface area (Å²) in [7, 11) is 1.63. The van der Waals surface area contributed by atoms with Gasteiger partial charge in [-0.15, -0.1) is 0 Å². The van der Waals surface area contributed by atoms with Gasteiger partial charge in [0.15, 0.2) is 11.1 Å². The van der Waals surface area contributed by atoms with Crippen LogP contribution in [0.4, 0.5) is 5.69 Å². The van der Waals surface area contributed by atoms with Gasteiger partial charge in [0.1, 0.15) is 5.75 Å². The average molecular weight is 334 g/mol. The van der Waals surface area contributed by atoms with Gasteiger partial charge in [-0.3, -0.25) is 4.98 Å². The Bertz CT molecular complexity index is 934. The van der Waals surface area contributed by atoms with Crippen LogP contribution in [0.1, 0.15) is 11.5 Å². The Hall–Kier alpha value is -3.04. The fourth-order valence-electron chi connectivity index (χ4n) is 2.91. The van der Waals surface area contributed by atoms with Crippen molar-refractivity contribution in [3.63, 3.8) is 0 Å². The molecule has 1 fully saturated rings. The molecule has 0 atom stereocenters. The van der Waals surface area contributed by atoms with Crippen LogP contribution in [0, 0.1) is 11.8 Å². The third-order valence-corrected chi connectivity index (χ3v) is 4.14. The quantitative estimate of drug-likeness (QED) is 0.724. The number of nitrogens with zero attached hydrogens (tertiary/aromatic N) is 3. The van der Waals surface area contributed by atoms with E-state index in [2.05, 4.69) is 32.0 Å². The second-order valence-electron chi connectivity index (χ2n) is 5.71. The number of benzene rings is 1. The Morgan fingerprint density at radius 3 is 2.84 bits per heavy atom. The van der Waals surface area contributed by atoms with Crippen molar-refractivity contribution in [3.05, 3.63) is 48.1 Å². The minimum Gasteiger partial charge on any atom is -0.494 e. The second kappa shape index (κ2) is 6.83. The monoisotopic (exact) mass is 334 g/mol. The van der Waals surface area contributed by atoms with E-state index in [9.17, 15) is 0 Å². The van der Waals surface area contributed by atoms with Gasteiger partial charge < -0.3 is 19.4 Å². The molecule has 126 valence electrons. The number of aromatic nitrogens is 2. The summed E-state index contributed by atoms with van der Waals surface area (Å²) in [6.07, 6.45) is 3.43. The number of nitrogens with one attached hydrogen (secondary N) is 1. The largest absolute Gasteiger partial charge is 0.494 e. The molecule has 25 heavy (non-hydrogen) atoms. The molecule has 0 bridgehead atoms. The van der Waals surface area contributed by atoms with Crippen molar-refractivity contribution in [1.29, 1.82) is 0 Å². The van der Waals surface area contributed by atoms with E-state index < -0.39 is 0 Å². The van der Waals surface area contributed by atoms with E-state index in [0.717, 1.165) is 43.0 Å². The molecule has 0 amide bonds. The molecule has 2 aromatic heterocycles. The summed E-state index contributed by atoms with van der Waals surface area (Å²) in [4.78, 5) is 10.9. The summed E-state index contributed by atoms with van der Waals surface area (Å²) >= 11 is 0. The number of fused-ring (bicyclic) bond motifs is 1. The molecule has 1 aromatic carbocycles. The third-order valence-electron chi connectivity index (χ3n) is 4.14. The molecule has 6 heteroatoms. The zero-order chi connectivity index (χ0) is 17.1. The molecule has 3 heterocycles. The number of ether oxygens (including phenoxy) is 1. The summed E-state index contributed by atoms with van der Waals surface area (Å²) in [6, 6.07) is 7.70. The summed E-state index contributed by atoms with van der Waals surface area (Å²) in [6.45, 7) is 3.77. The smallest absolute Gasteiger partial charge is 0.274 e. The molecular weight excluding hydrogens is 316 g/mol. The Morgan fingerprint density at radius 1 is 1.20 bits per heavy atom. The normalized spacial score (nSPS) is 14.2. The topological polar surface area (TPSA) is 63.4 Å². The lowest BCUT2D eigenvalue weighted by atomic mass is 10.2. The maximum atomic E-state index is 5.97. The maximum Gasteiger partial charge on any atom is 0.274 e. The van der Waals surface area contributed by atoms with Gasteiger partial charge in [0.2, 0.25) is 0 Å². The van der Waals surface area contributed by atoms with Crippen molar-refractivity contribution >= 4 is 16.8 Å². The van der Waals surface area contributed by atoms with Crippen molar-refractivity contribution in [3.8, 4) is 17.6 Å². The molecule has 1 N–H and O–H groups in total. The summed E-state index contributed by atoms with van der Waals surface area (Å²) in [5.74, 6) is 7.06. The van der Waals surface area contributed by atoms with Gasteiger partial charge in [0.25, 0.3) is 5.89 Å². The Kier molecular flexibility index (Phi) is 4.23. The highest BCUT2D eigenvalue weighted by Gasteiger charge is 2.19. The number of oxazole rings is 1. The van der Waals surface area contributed by atoms with Gasteiger partial charge in [-0.2, -0.15) is 4.98 Å². The molecule has 0 spiro atoms. The lowest BCUT2D eigenvalue weighted by molar-refractivity contribution is 0.419. The number of hydrogen-bond donors (Lipinski definition) is 1. The Morgan fingerprint density at radius 2 is 2.08 bits per heavy atom. The second-order valence-corrected chi connectivity index (χ2v) is 5.71. The Labute approximate surface area is 145 Å². The van der Waals surface area contributed by atoms with Crippen molar-refractivity contribution in [2.45, 2.75) is 0 Å². The number of methoxy groups -OCH3 is 1. The first kappa shape index (κ1) is 15.5. The fraction of sp³-hybridized carbons (Fsp3) is 0.263. The minimum atomic E-state index is 0.375. The molecular formula is C19H18N4O2. The lowest BCUT2D eigenvalue weighted by Crippen LogP contribution is -2.43. The van der Waals surface area contributed by atoms with E-state index in [0.29, 0.717) is 17.2 Å². The molecule has 0 unspecified atom stereocenters. The molecule has 0 aliphatic carbocycles. The zero-order valence-corrected chi connectivity index (χ0v) is 14.0. The molecule has 0 saturated carbocycles. The van der Waals surface area contributed by atoms with Gasteiger partial charge in [-0.25, -0.2) is 0 Å². The van der Waals surface area contributed by atoms with E-state index in [-0.39, 0.29) is 0 Å². The van der Waals surface area contributed by atoms with Gasteiger partial charge in [0, 0.05) is 44.1 Å². The number of hydrogen-bond acceptors (Lipinski definition) is 6. The van der Waals surface area contributed by atoms with Crippen LogP contribution >= 0.6 is 0 Å². The first-order chi connectivity index (χ1) is 12.3. The van der Waals surface area contributed by atoms with E-state index in [1.54, 1.807) is 19.5 Å². The highest BCUT2D eigenvalue weighted by atomic mass is 16.5. The number of piperazine rings is 1. The number of pyridine rings is 1. The predicted octanol–water partition coefficient (Wildman–Crippen LogP) is 2.04. The zero-order valence-electron chi connectivity index (χ0n) is 14.0. The number of rotatable bonds is 2. The molecule has 0 radical (unpaired) electrons. The van der Waals surface area contributed by atoms with E-state index >= 15 is 0 Å². The van der Waals surface area contributed by atoms with Crippen LogP contribution in [0.15, 0.2) is 41.1 Å². The van der Waals surface area contributed by atoms with Crippen molar-refractivity contribution in [2.75, 3.05) is 38.2 Å². The SMILES string of the molecule is COc1ccc(N2CCNCC2)c2oc(C#Cc3cccnc3)nc12. The molecule has 4 rings (SSSR count). The highest BCUT2D eigenvalue weighted by Crippen LogP contribution is 2.34. The van der Waals surface area contributed by atoms with Crippen LogP contribution in [0.3, 0.4) is 0 Å². The van der Waals surface area contributed by atoms with Crippen LogP contribution in [0.25, 0.3) is 11.1 Å². The minimum absolute atomic E-state index is 0.375. The summed E-state index contributed by atoms with van der Waals surface area (Å²) in [5.41, 5.74) is 3.27. The van der Waals surface area contributed by atoms with Crippen LogP contribution in [-0.2, 0) is 0 Å². The van der Waals surface area contributed by atoms with Crippen molar-refractivity contribution in [1.82, 2.24) is 15.3 Å². The van der Waals surface area contributed by atoms with E-state index in [1.165, 1.54) is 0 Å². The van der Waals surface area contributed by atoms with E-state index in [4.69, 9.17) is 9.15 Å². The lowest BCUT2D eigenvalue weighted by Gasteiger charge is -2.29. The standard InChI is InChI=1S/C19H18N4O2/c1-24-16-6-5-15(23-11-9-20-10-12-23)19-18(16)22-17(25-19)7-4-14-3-2-8-21-13-14/h2-3,5-6,8,13,20H,9-12H2,1H3. The number of anilines is 1. The predicted molar refractivity (Wildman–Crippen MR) is 95.9 cm³/mol. The Balaban J connectivity index is 1.76. The van der Waals surface area contributed by atoms with E-state index in [1.807, 2.05) is 24.3 Å². The van der Waals surface area contributed by atoms with Crippen molar-refractivity contribution in [2.24, 2.45) is 0 Å². The van der Waals surface area contributed by atoms with Gasteiger partial charge >= 0.3 is 0 Å². The molecule has 1 aliphatic rings. The van der Waals surface area contributed by atoms with Gasteiger partial charge in [-0.05, 0) is 30.2 Å². The highest BCUT2D eigenvalue weighted by molar-refractivity contribution is 5.91. The van der Waals surface area contributed by atoms with Crippen LogP contribution in [0.2, 0.25) is 0 Å². The van der Waals surface area contributed by atoms with Crippen molar-refractivity contribution < 1.29 is 9.15 Å². The first-order valence-electron chi connectivity index (χ1n) is 8.20. The van der Waals surface area contributed by atoms with Gasteiger partial charge in [-0.1, -0.05) is 5.92 Å². The van der Waals surface area contributed by atoms with Gasteiger partial charge in [0.05, 0.1) is 12.8 Å². The summed E-state index contributed by atoms with van der Waals surface area (Å²) < 4.78 is 11.4. The molecule has 1 aliphatic heterocycles. The fourth-order valence-corrected chi connectivity index (χ4v) is 2.91. The molecule has 1 saturated heterocycles. The van der Waals surface area contributed by atoms with Crippen LogP contribution < -0.4 is 15.0 Å². The molecule has 3 aromatic rings. The maximum absolute atomic E-state index is 5.97. The van der Waals surface area contributed by atoms with Crippen LogP contribution in [0.5, 0.6) is 5.75 Å². The summed E-state index contributed by atoms with van der Waals surface area (Å²) in [5, 5.41) is 3.36. The third kappa shape index (κ3) is 3.14.